The summed E-state index contributed by atoms with van der Waals surface area (Å²) in [6.07, 6.45) is 3.14. The Morgan fingerprint density at radius 1 is 1.40 bits per heavy atom. The fraction of sp³-hybridized carbons (Fsp3) is 0.917. The number of hydrogen-bond acceptors (Lipinski definition) is 3. The molecular weight excluding hydrogens is 190 g/mol. The lowest BCUT2D eigenvalue weighted by Crippen LogP contribution is -2.35. The maximum atomic E-state index is 9.32. The number of unbranched alkanes of at least 4 members (excludes halogenated alkanes) is 2. The molecule has 0 bridgehead atoms. The molecule has 0 rings (SSSR count). The Balaban J connectivity index is 4.13. The molecule has 0 amide bonds. The molecule has 0 fully saturated rings. The van der Waals surface area contributed by atoms with Crippen LogP contribution in [0, 0.1) is 11.3 Å². The summed E-state index contributed by atoms with van der Waals surface area (Å²) < 4.78 is 5.58. The molecule has 0 aromatic heterocycles. The van der Waals surface area contributed by atoms with Crippen molar-refractivity contribution in [3.05, 3.63) is 0 Å². The van der Waals surface area contributed by atoms with E-state index in [1.165, 1.54) is 0 Å². The van der Waals surface area contributed by atoms with Crippen LogP contribution >= 0.6 is 0 Å². The molecule has 0 aliphatic rings. The van der Waals surface area contributed by atoms with Crippen molar-refractivity contribution in [1.29, 1.82) is 5.26 Å². The molecule has 0 aliphatic heterocycles. The Bertz CT molecular complexity index is 210. The van der Waals surface area contributed by atoms with E-state index >= 15 is 0 Å². The van der Waals surface area contributed by atoms with Gasteiger partial charge >= 0.3 is 0 Å². The summed E-state index contributed by atoms with van der Waals surface area (Å²) >= 11 is 0. The molecule has 3 atom stereocenters. The second kappa shape index (κ2) is 6.81. The first kappa shape index (κ1) is 14.4. The van der Waals surface area contributed by atoms with E-state index < -0.39 is 11.7 Å². The van der Waals surface area contributed by atoms with Crippen molar-refractivity contribution >= 4 is 0 Å². The van der Waals surface area contributed by atoms with Crippen LogP contribution in [-0.4, -0.2) is 22.9 Å². The predicted octanol–water partition coefficient (Wildman–Crippen LogP) is 2.63. The zero-order valence-corrected chi connectivity index (χ0v) is 10.3. The van der Waals surface area contributed by atoms with Crippen LogP contribution in [0.4, 0.5) is 0 Å². The third-order valence-electron chi connectivity index (χ3n) is 2.62. The van der Waals surface area contributed by atoms with E-state index in [-0.39, 0.29) is 6.10 Å². The number of aliphatic hydroxyl groups is 1. The molecule has 3 unspecified atom stereocenters. The lowest BCUT2D eigenvalue weighted by Gasteiger charge is -2.28. The molecule has 1 N–H and O–H groups in total. The highest BCUT2D eigenvalue weighted by Crippen LogP contribution is 2.21. The second-order valence-electron chi connectivity index (χ2n) is 4.36. The van der Waals surface area contributed by atoms with Crippen molar-refractivity contribution in [2.75, 3.05) is 0 Å². The van der Waals surface area contributed by atoms with Crippen LogP contribution in [0.3, 0.4) is 0 Å². The Morgan fingerprint density at radius 2 is 2.00 bits per heavy atom. The molecule has 0 saturated heterocycles. The molecule has 0 aromatic rings. The van der Waals surface area contributed by atoms with Gasteiger partial charge in [-0.3, -0.25) is 0 Å². The number of ether oxygens (including phenoxy) is 1. The maximum Gasteiger partial charge on any atom is 0.151 e. The molecule has 0 radical (unpaired) electrons. The Labute approximate surface area is 93.1 Å². The van der Waals surface area contributed by atoms with Gasteiger partial charge in [0.05, 0.1) is 18.3 Å². The van der Waals surface area contributed by atoms with Crippen molar-refractivity contribution < 1.29 is 9.84 Å². The van der Waals surface area contributed by atoms with Gasteiger partial charge < -0.3 is 9.84 Å². The second-order valence-corrected chi connectivity index (χ2v) is 4.36. The third kappa shape index (κ3) is 5.76. The fourth-order valence-electron chi connectivity index (χ4n) is 1.36. The molecule has 0 aliphatic carbocycles. The number of nitrogens with zero attached hydrogens (tertiary/aromatic N) is 1. The van der Waals surface area contributed by atoms with Crippen LogP contribution in [0.25, 0.3) is 0 Å². The topological polar surface area (TPSA) is 53.2 Å². The molecule has 3 nitrogen and oxygen atoms in total. The molecule has 0 heterocycles. The monoisotopic (exact) mass is 213 g/mol. The SMILES string of the molecule is CCCCCC(C)(C#N)OC(C)C(C)O. The molecule has 0 saturated carbocycles. The van der Waals surface area contributed by atoms with Gasteiger partial charge in [-0.05, 0) is 33.6 Å². The molecule has 0 aromatic carbocycles. The first-order valence-electron chi connectivity index (χ1n) is 5.72. The van der Waals surface area contributed by atoms with Crippen LogP contribution in [0.1, 0.15) is 53.4 Å². The highest BCUT2D eigenvalue weighted by Gasteiger charge is 2.28. The smallest absolute Gasteiger partial charge is 0.151 e. The van der Waals surface area contributed by atoms with Crippen molar-refractivity contribution in [2.45, 2.75) is 71.2 Å². The summed E-state index contributed by atoms with van der Waals surface area (Å²) in [5, 5.41) is 18.4. The van der Waals surface area contributed by atoms with Gasteiger partial charge in [-0.1, -0.05) is 19.8 Å². The van der Waals surface area contributed by atoms with Gasteiger partial charge in [0.1, 0.15) is 0 Å². The van der Waals surface area contributed by atoms with Gasteiger partial charge in [-0.15, -0.1) is 0 Å². The van der Waals surface area contributed by atoms with Gasteiger partial charge in [0, 0.05) is 0 Å². The minimum Gasteiger partial charge on any atom is -0.391 e. The van der Waals surface area contributed by atoms with E-state index in [0.717, 1.165) is 25.7 Å². The quantitative estimate of drug-likeness (QED) is 0.661. The van der Waals surface area contributed by atoms with Gasteiger partial charge in [-0.25, -0.2) is 0 Å². The number of nitriles is 1. The van der Waals surface area contributed by atoms with Gasteiger partial charge in [0.2, 0.25) is 0 Å². The lowest BCUT2D eigenvalue weighted by molar-refractivity contribution is -0.0910. The summed E-state index contributed by atoms with van der Waals surface area (Å²) in [6, 6.07) is 2.19. The number of aliphatic hydroxyl groups excluding tert-OH is 1. The van der Waals surface area contributed by atoms with Crippen LogP contribution < -0.4 is 0 Å². The molecule has 88 valence electrons. The molecule has 15 heavy (non-hydrogen) atoms. The van der Waals surface area contributed by atoms with Gasteiger partial charge in [0.25, 0.3) is 0 Å². The highest BCUT2D eigenvalue weighted by molar-refractivity contribution is 4.98. The van der Waals surface area contributed by atoms with Gasteiger partial charge in [-0.2, -0.15) is 5.26 Å². The molecule has 0 spiro atoms. The molecular formula is C12H23NO2. The van der Waals surface area contributed by atoms with Crippen molar-refractivity contribution in [2.24, 2.45) is 0 Å². The minimum atomic E-state index is -0.758. The summed E-state index contributed by atoms with van der Waals surface area (Å²) in [5.41, 5.74) is -0.758. The largest absolute Gasteiger partial charge is 0.391 e. The van der Waals surface area contributed by atoms with E-state index in [0.29, 0.717) is 0 Å². The zero-order valence-electron chi connectivity index (χ0n) is 10.3. The van der Waals surface area contributed by atoms with E-state index in [2.05, 4.69) is 13.0 Å². The fourth-order valence-corrected chi connectivity index (χ4v) is 1.36. The average Bonchev–Trinajstić information content (AvgIpc) is 2.18. The Morgan fingerprint density at radius 3 is 2.40 bits per heavy atom. The number of rotatable bonds is 7. The van der Waals surface area contributed by atoms with Crippen LogP contribution in [0.15, 0.2) is 0 Å². The summed E-state index contributed by atoms with van der Waals surface area (Å²) in [4.78, 5) is 0. The van der Waals surface area contributed by atoms with Crippen LogP contribution in [0.2, 0.25) is 0 Å². The summed E-state index contributed by atoms with van der Waals surface area (Å²) in [5.74, 6) is 0. The average molecular weight is 213 g/mol. The summed E-state index contributed by atoms with van der Waals surface area (Å²) in [6.45, 7) is 7.39. The van der Waals surface area contributed by atoms with Crippen molar-refractivity contribution in [1.82, 2.24) is 0 Å². The van der Waals surface area contributed by atoms with Gasteiger partial charge in [0.15, 0.2) is 5.60 Å². The third-order valence-corrected chi connectivity index (χ3v) is 2.62. The maximum absolute atomic E-state index is 9.32. The van der Waals surface area contributed by atoms with Crippen LogP contribution in [-0.2, 0) is 4.74 Å². The Kier molecular flexibility index (Phi) is 6.55. The highest BCUT2D eigenvalue weighted by atomic mass is 16.5. The normalized spacial score (nSPS) is 18.9. The van der Waals surface area contributed by atoms with Crippen molar-refractivity contribution in [3.8, 4) is 6.07 Å². The first-order chi connectivity index (χ1) is 6.95. The minimum absolute atomic E-state index is 0.295. The summed E-state index contributed by atoms with van der Waals surface area (Å²) in [7, 11) is 0. The predicted molar refractivity (Wildman–Crippen MR) is 60.4 cm³/mol. The zero-order chi connectivity index (χ0) is 11.9. The van der Waals surface area contributed by atoms with Crippen molar-refractivity contribution in [3.63, 3.8) is 0 Å². The number of hydrogen-bond donors (Lipinski definition) is 1. The van der Waals surface area contributed by atoms with E-state index in [9.17, 15) is 5.11 Å². The lowest BCUT2D eigenvalue weighted by atomic mass is 9.99. The first-order valence-corrected chi connectivity index (χ1v) is 5.72. The van der Waals surface area contributed by atoms with E-state index in [4.69, 9.17) is 10.00 Å². The van der Waals surface area contributed by atoms with Crippen LogP contribution in [0.5, 0.6) is 0 Å². The van der Waals surface area contributed by atoms with E-state index in [1.54, 1.807) is 20.8 Å². The molecule has 3 heteroatoms. The van der Waals surface area contributed by atoms with E-state index in [1.807, 2.05) is 0 Å². The standard InChI is InChI=1S/C12H23NO2/c1-5-6-7-8-12(4,9-13)15-11(3)10(2)14/h10-11,14H,5-8H2,1-4H3. The Hall–Kier alpha value is -0.590.